The number of hydrogen-bond acceptors (Lipinski definition) is 6. The van der Waals surface area contributed by atoms with Gasteiger partial charge in [-0.3, -0.25) is 14.9 Å². The van der Waals surface area contributed by atoms with Crippen LogP contribution in [0, 0.1) is 0 Å². The van der Waals surface area contributed by atoms with Crippen LogP contribution in [0.2, 0.25) is 0 Å². The highest BCUT2D eigenvalue weighted by atomic mass is 32.1. The maximum Gasteiger partial charge on any atom is 0.296 e. The van der Waals surface area contributed by atoms with Gasteiger partial charge in [0.15, 0.2) is 10.9 Å². The Kier molecular flexibility index (Phi) is 3.52. The van der Waals surface area contributed by atoms with Crippen molar-refractivity contribution in [3.63, 3.8) is 0 Å². The summed E-state index contributed by atoms with van der Waals surface area (Å²) in [6.07, 6.45) is 0.697. The zero-order chi connectivity index (χ0) is 13.1. The first-order valence-corrected chi connectivity index (χ1v) is 6.21. The number of nitrogens with one attached hydrogen (secondary N) is 1. The third-order valence-electron chi connectivity index (χ3n) is 2.23. The smallest absolute Gasteiger partial charge is 0.296 e. The fourth-order valence-corrected chi connectivity index (χ4v) is 1.98. The van der Waals surface area contributed by atoms with Gasteiger partial charge < -0.3 is 4.52 Å². The second kappa shape index (κ2) is 5.09. The summed E-state index contributed by atoms with van der Waals surface area (Å²) in [7, 11) is 0. The van der Waals surface area contributed by atoms with E-state index in [4.69, 9.17) is 4.52 Å². The van der Waals surface area contributed by atoms with Gasteiger partial charge in [0.05, 0.1) is 5.69 Å². The van der Waals surface area contributed by atoms with Gasteiger partial charge in [-0.25, -0.2) is 4.98 Å². The SMILES string of the molecule is CCc1cc(C(=O)Nc2nc(C(C)=O)cs2)on1. The second-order valence-corrected chi connectivity index (χ2v) is 4.44. The van der Waals surface area contributed by atoms with E-state index < -0.39 is 5.91 Å². The maximum atomic E-state index is 11.8. The first-order chi connectivity index (χ1) is 8.60. The summed E-state index contributed by atoms with van der Waals surface area (Å²) in [6, 6.07) is 1.58. The zero-order valence-electron chi connectivity index (χ0n) is 9.89. The topological polar surface area (TPSA) is 85.1 Å². The molecular formula is C11H11N3O3S. The van der Waals surface area contributed by atoms with Crippen LogP contribution in [-0.4, -0.2) is 21.8 Å². The number of nitrogens with zero attached hydrogens (tertiary/aromatic N) is 2. The number of carbonyl (C=O) groups excluding carboxylic acids is 2. The van der Waals surface area contributed by atoms with E-state index in [9.17, 15) is 9.59 Å². The Labute approximate surface area is 107 Å². The van der Waals surface area contributed by atoms with Gasteiger partial charge in [0, 0.05) is 18.4 Å². The van der Waals surface area contributed by atoms with Crippen molar-refractivity contribution >= 4 is 28.2 Å². The first kappa shape index (κ1) is 12.4. The van der Waals surface area contributed by atoms with Gasteiger partial charge in [-0.1, -0.05) is 12.1 Å². The lowest BCUT2D eigenvalue weighted by Crippen LogP contribution is -2.10. The second-order valence-electron chi connectivity index (χ2n) is 3.58. The molecule has 0 aliphatic rings. The quantitative estimate of drug-likeness (QED) is 0.856. The molecule has 0 bridgehead atoms. The molecule has 0 unspecified atom stereocenters. The van der Waals surface area contributed by atoms with E-state index in [-0.39, 0.29) is 11.5 Å². The molecule has 0 saturated carbocycles. The third kappa shape index (κ3) is 2.62. The normalized spacial score (nSPS) is 10.3. The highest BCUT2D eigenvalue weighted by Crippen LogP contribution is 2.17. The first-order valence-electron chi connectivity index (χ1n) is 5.33. The molecule has 7 heteroatoms. The summed E-state index contributed by atoms with van der Waals surface area (Å²) in [5, 5.41) is 8.23. The van der Waals surface area contributed by atoms with Gasteiger partial charge in [0.1, 0.15) is 5.69 Å². The van der Waals surface area contributed by atoms with E-state index in [2.05, 4.69) is 15.5 Å². The van der Waals surface area contributed by atoms with Crippen molar-refractivity contribution in [3.05, 3.63) is 28.6 Å². The molecule has 18 heavy (non-hydrogen) atoms. The van der Waals surface area contributed by atoms with Gasteiger partial charge in [0.2, 0.25) is 5.76 Å². The van der Waals surface area contributed by atoms with Crippen molar-refractivity contribution in [2.45, 2.75) is 20.3 Å². The van der Waals surface area contributed by atoms with Gasteiger partial charge in [0.25, 0.3) is 5.91 Å². The van der Waals surface area contributed by atoms with Crippen molar-refractivity contribution in [1.29, 1.82) is 0 Å². The Morgan fingerprint density at radius 2 is 2.28 bits per heavy atom. The molecule has 0 atom stereocenters. The molecule has 0 aromatic carbocycles. The van der Waals surface area contributed by atoms with Crippen molar-refractivity contribution in [2.24, 2.45) is 0 Å². The maximum absolute atomic E-state index is 11.8. The average molecular weight is 265 g/mol. The Bertz CT molecular complexity index is 588. The molecule has 2 aromatic heterocycles. The monoisotopic (exact) mass is 265 g/mol. The predicted molar refractivity (Wildman–Crippen MR) is 66.0 cm³/mol. The van der Waals surface area contributed by atoms with Crippen LogP contribution in [0.25, 0.3) is 0 Å². The molecule has 0 aliphatic carbocycles. The third-order valence-corrected chi connectivity index (χ3v) is 2.99. The van der Waals surface area contributed by atoms with Gasteiger partial charge >= 0.3 is 0 Å². The minimum absolute atomic E-state index is 0.131. The fourth-order valence-electron chi connectivity index (χ4n) is 1.24. The van der Waals surface area contributed by atoms with Gasteiger partial charge in [-0.05, 0) is 6.42 Å². The Hall–Kier alpha value is -2.02. The van der Waals surface area contributed by atoms with Crippen LogP contribution in [-0.2, 0) is 6.42 Å². The van der Waals surface area contributed by atoms with Crippen LogP contribution >= 0.6 is 11.3 Å². The number of Topliss-reactive ketones (excluding diaryl/α,β-unsaturated/α-hetero) is 1. The molecule has 2 aromatic rings. The molecule has 2 rings (SSSR count). The van der Waals surface area contributed by atoms with Crippen LogP contribution in [0.3, 0.4) is 0 Å². The van der Waals surface area contributed by atoms with Crippen LogP contribution in [0.15, 0.2) is 16.0 Å². The fraction of sp³-hybridized carbons (Fsp3) is 0.273. The molecule has 0 radical (unpaired) electrons. The average Bonchev–Trinajstić information content (AvgIpc) is 2.96. The van der Waals surface area contributed by atoms with E-state index in [1.54, 1.807) is 11.4 Å². The molecule has 2 heterocycles. The summed E-state index contributed by atoms with van der Waals surface area (Å²) in [5.74, 6) is -0.433. The minimum Gasteiger partial charge on any atom is -0.351 e. The Balaban J connectivity index is 2.08. The van der Waals surface area contributed by atoms with E-state index >= 15 is 0 Å². The molecule has 6 nitrogen and oxygen atoms in total. The number of hydrogen-bond donors (Lipinski definition) is 1. The summed E-state index contributed by atoms with van der Waals surface area (Å²) >= 11 is 1.19. The number of anilines is 1. The van der Waals surface area contributed by atoms with Crippen LogP contribution in [0.1, 0.15) is 40.6 Å². The number of amides is 1. The predicted octanol–water partition coefficient (Wildman–Crippen LogP) is 2.15. The highest BCUT2D eigenvalue weighted by Gasteiger charge is 2.15. The van der Waals surface area contributed by atoms with E-state index in [0.29, 0.717) is 22.9 Å². The largest absolute Gasteiger partial charge is 0.351 e. The molecule has 0 aliphatic heterocycles. The number of ketones is 1. The molecular weight excluding hydrogens is 254 g/mol. The standard InChI is InChI=1S/C11H11N3O3S/c1-3-7-4-9(17-14-7)10(16)13-11-12-8(5-18-11)6(2)15/h4-5H,3H2,1-2H3,(H,12,13,16). The molecule has 0 saturated heterocycles. The summed E-state index contributed by atoms with van der Waals surface area (Å²) in [5.41, 5.74) is 1.05. The number of aromatic nitrogens is 2. The zero-order valence-corrected chi connectivity index (χ0v) is 10.7. The van der Waals surface area contributed by atoms with E-state index in [0.717, 1.165) is 0 Å². The number of rotatable bonds is 4. The number of carbonyl (C=O) groups is 2. The van der Waals surface area contributed by atoms with E-state index in [1.165, 1.54) is 18.3 Å². The highest BCUT2D eigenvalue weighted by molar-refractivity contribution is 7.14. The van der Waals surface area contributed by atoms with Crippen molar-refractivity contribution in [1.82, 2.24) is 10.1 Å². The summed E-state index contributed by atoms with van der Waals surface area (Å²) in [6.45, 7) is 3.34. The summed E-state index contributed by atoms with van der Waals surface area (Å²) < 4.78 is 4.89. The van der Waals surface area contributed by atoms with E-state index in [1.807, 2.05) is 6.92 Å². The molecule has 1 N–H and O–H groups in total. The van der Waals surface area contributed by atoms with Crippen LogP contribution in [0.5, 0.6) is 0 Å². The molecule has 94 valence electrons. The number of aryl methyl sites for hydroxylation is 1. The van der Waals surface area contributed by atoms with Crippen molar-refractivity contribution < 1.29 is 14.1 Å². The minimum atomic E-state index is -0.424. The van der Waals surface area contributed by atoms with Crippen LogP contribution < -0.4 is 5.32 Å². The van der Waals surface area contributed by atoms with Gasteiger partial charge in [-0.2, -0.15) is 0 Å². The van der Waals surface area contributed by atoms with Crippen molar-refractivity contribution in [2.75, 3.05) is 5.32 Å². The van der Waals surface area contributed by atoms with Crippen molar-refractivity contribution in [3.8, 4) is 0 Å². The lowest BCUT2D eigenvalue weighted by molar-refractivity contribution is 0.0983. The lowest BCUT2D eigenvalue weighted by atomic mass is 10.3. The Morgan fingerprint density at radius 3 is 2.83 bits per heavy atom. The molecule has 0 fully saturated rings. The Morgan fingerprint density at radius 1 is 1.50 bits per heavy atom. The molecule has 0 spiro atoms. The lowest BCUT2D eigenvalue weighted by Gasteiger charge is -1.95. The van der Waals surface area contributed by atoms with Gasteiger partial charge in [-0.15, -0.1) is 11.3 Å². The summed E-state index contributed by atoms with van der Waals surface area (Å²) in [4.78, 5) is 26.8. The molecule has 1 amide bonds. The van der Waals surface area contributed by atoms with Crippen LogP contribution in [0.4, 0.5) is 5.13 Å². The number of thiazole rings is 1.